The highest BCUT2D eigenvalue weighted by Gasteiger charge is 2.29. The van der Waals surface area contributed by atoms with Crippen LogP contribution in [0.2, 0.25) is 0 Å². The smallest absolute Gasteiger partial charge is 0.326 e. The van der Waals surface area contributed by atoms with Crippen molar-refractivity contribution < 1.29 is 19.8 Å². The number of aliphatic carboxylic acids is 1. The van der Waals surface area contributed by atoms with Crippen molar-refractivity contribution in [2.75, 3.05) is 19.7 Å². The number of urea groups is 1. The second-order valence-corrected chi connectivity index (χ2v) is 5.29. The van der Waals surface area contributed by atoms with Gasteiger partial charge in [0, 0.05) is 19.7 Å². The second kappa shape index (κ2) is 7.33. The van der Waals surface area contributed by atoms with Gasteiger partial charge in [0.05, 0.1) is 0 Å². The van der Waals surface area contributed by atoms with Crippen LogP contribution in [0.25, 0.3) is 0 Å². The summed E-state index contributed by atoms with van der Waals surface area (Å²) in [5.41, 5.74) is 0. The summed E-state index contributed by atoms with van der Waals surface area (Å²) in [4.78, 5) is 24.8. The summed E-state index contributed by atoms with van der Waals surface area (Å²) in [5.74, 6) is -1.01. The van der Waals surface area contributed by atoms with E-state index in [1.165, 1.54) is 0 Å². The first kappa shape index (κ1) is 15.8. The zero-order chi connectivity index (χ0) is 14.4. The number of carboxylic acid groups (broad SMARTS) is 1. The molecule has 6 heteroatoms. The van der Waals surface area contributed by atoms with E-state index in [9.17, 15) is 9.59 Å². The summed E-state index contributed by atoms with van der Waals surface area (Å²) in [7, 11) is 0. The van der Waals surface area contributed by atoms with E-state index in [1.54, 1.807) is 4.90 Å². The number of carbonyl (C=O) groups is 2. The molecule has 0 aromatic heterocycles. The molecule has 1 aliphatic heterocycles. The van der Waals surface area contributed by atoms with Gasteiger partial charge in [0.2, 0.25) is 0 Å². The lowest BCUT2D eigenvalue weighted by Crippen LogP contribution is -2.53. The molecule has 0 aromatic carbocycles. The number of nitrogens with one attached hydrogen (secondary N) is 1. The number of aliphatic hydroxyl groups excluding tert-OH is 1. The maximum atomic E-state index is 12.1. The van der Waals surface area contributed by atoms with Gasteiger partial charge in [-0.3, -0.25) is 0 Å². The Labute approximate surface area is 113 Å². The molecule has 1 aliphatic rings. The minimum absolute atomic E-state index is 0.0670. The second-order valence-electron chi connectivity index (χ2n) is 5.29. The fourth-order valence-corrected chi connectivity index (χ4v) is 2.31. The van der Waals surface area contributed by atoms with Crippen LogP contribution >= 0.6 is 0 Å². The highest BCUT2D eigenvalue weighted by Crippen LogP contribution is 2.16. The lowest BCUT2D eigenvalue weighted by molar-refractivity contribution is -0.140. The number of piperidine rings is 1. The van der Waals surface area contributed by atoms with Crippen molar-refractivity contribution in [3.63, 3.8) is 0 Å². The Morgan fingerprint density at radius 3 is 2.68 bits per heavy atom. The SMILES string of the molecule is CCC(C)C(NC(=O)N1CCCC(CO)C1)C(=O)O. The Hall–Kier alpha value is -1.30. The normalized spacial score (nSPS) is 22.7. The number of carbonyl (C=O) groups excluding carboxylic acids is 1. The molecule has 0 bridgehead atoms. The van der Waals surface area contributed by atoms with E-state index in [0.717, 1.165) is 12.8 Å². The molecule has 19 heavy (non-hydrogen) atoms. The summed E-state index contributed by atoms with van der Waals surface area (Å²) in [5, 5.41) is 20.9. The standard InChI is InChI=1S/C13H24N2O4/c1-3-9(2)11(12(17)18)14-13(19)15-6-4-5-10(7-15)8-16/h9-11,16H,3-8H2,1-2H3,(H,14,19)(H,17,18). The highest BCUT2D eigenvalue weighted by molar-refractivity contribution is 5.82. The molecule has 6 nitrogen and oxygen atoms in total. The van der Waals surface area contributed by atoms with E-state index in [4.69, 9.17) is 10.2 Å². The first-order valence-electron chi connectivity index (χ1n) is 6.88. The lowest BCUT2D eigenvalue weighted by Gasteiger charge is -2.33. The number of rotatable bonds is 5. The van der Waals surface area contributed by atoms with Gasteiger partial charge in [-0.2, -0.15) is 0 Å². The summed E-state index contributed by atoms with van der Waals surface area (Å²) in [6.07, 6.45) is 2.45. The minimum Gasteiger partial charge on any atom is -0.480 e. The Morgan fingerprint density at radius 2 is 2.16 bits per heavy atom. The van der Waals surface area contributed by atoms with Crippen molar-refractivity contribution in [3.8, 4) is 0 Å². The van der Waals surface area contributed by atoms with Crippen molar-refractivity contribution in [2.45, 2.75) is 39.2 Å². The maximum Gasteiger partial charge on any atom is 0.326 e. The van der Waals surface area contributed by atoms with E-state index in [0.29, 0.717) is 19.5 Å². The topological polar surface area (TPSA) is 89.9 Å². The van der Waals surface area contributed by atoms with Crippen LogP contribution in [-0.2, 0) is 4.79 Å². The maximum absolute atomic E-state index is 12.1. The molecular formula is C13H24N2O4. The molecule has 3 N–H and O–H groups in total. The molecule has 110 valence electrons. The number of hydrogen-bond donors (Lipinski definition) is 3. The zero-order valence-corrected chi connectivity index (χ0v) is 11.6. The molecule has 1 saturated heterocycles. The average Bonchev–Trinajstić information content (AvgIpc) is 2.43. The first-order chi connectivity index (χ1) is 8.99. The predicted octanol–water partition coefficient (Wildman–Crippen LogP) is 0.900. The predicted molar refractivity (Wildman–Crippen MR) is 70.8 cm³/mol. The van der Waals surface area contributed by atoms with Crippen molar-refractivity contribution in [3.05, 3.63) is 0 Å². The molecule has 3 atom stereocenters. The van der Waals surface area contributed by atoms with Crippen LogP contribution in [0.3, 0.4) is 0 Å². The average molecular weight is 272 g/mol. The number of hydrogen-bond acceptors (Lipinski definition) is 3. The monoisotopic (exact) mass is 272 g/mol. The van der Waals surface area contributed by atoms with Crippen LogP contribution in [0.4, 0.5) is 4.79 Å². The Kier molecular flexibility index (Phi) is 6.08. The molecule has 1 heterocycles. The van der Waals surface area contributed by atoms with Gasteiger partial charge in [-0.05, 0) is 24.7 Å². The highest BCUT2D eigenvalue weighted by atomic mass is 16.4. The molecule has 3 unspecified atom stereocenters. The Morgan fingerprint density at radius 1 is 1.47 bits per heavy atom. The van der Waals surface area contributed by atoms with Crippen LogP contribution in [0.1, 0.15) is 33.1 Å². The van der Waals surface area contributed by atoms with Gasteiger partial charge in [0.25, 0.3) is 0 Å². The third-order valence-electron chi connectivity index (χ3n) is 3.82. The third-order valence-corrected chi connectivity index (χ3v) is 3.82. The van der Waals surface area contributed by atoms with Gasteiger partial charge in [0.15, 0.2) is 0 Å². The summed E-state index contributed by atoms with van der Waals surface area (Å²) in [6, 6.07) is -1.20. The van der Waals surface area contributed by atoms with Gasteiger partial charge in [-0.15, -0.1) is 0 Å². The number of aliphatic hydroxyl groups is 1. The number of nitrogens with zero attached hydrogens (tertiary/aromatic N) is 1. The fraction of sp³-hybridized carbons (Fsp3) is 0.846. The number of amides is 2. The van der Waals surface area contributed by atoms with Gasteiger partial charge in [-0.25, -0.2) is 9.59 Å². The van der Waals surface area contributed by atoms with Crippen LogP contribution in [0, 0.1) is 11.8 Å². The first-order valence-corrected chi connectivity index (χ1v) is 6.88. The molecule has 1 fully saturated rings. The third kappa shape index (κ3) is 4.38. The zero-order valence-electron chi connectivity index (χ0n) is 11.6. The van der Waals surface area contributed by atoms with Crippen molar-refractivity contribution in [1.82, 2.24) is 10.2 Å². The summed E-state index contributed by atoms with van der Waals surface area (Å²) in [6.45, 7) is 4.89. The van der Waals surface area contributed by atoms with E-state index < -0.39 is 12.0 Å². The minimum atomic E-state index is -1.00. The van der Waals surface area contributed by atoms with Crippen molar-refractivity contribution in [2.24, 2.45) is 11.8 Å². The van der Waals surface area contributed by atoms with Crippen molar-refractivity contribution >= 4 is 12.0 Å². The molecule has 0 radical (unpaired) electrons. The Bertz CT molecular complexity index is 322. The van der Waals surface area contributed by atoms with E-state index in [-0.39, 0.29) is 24.5 Å². The van der Waals surface area contributed by atoms with Crippen LogP contribution in [-0.4, -0.2) is 52.9 Å². The van der Waals surface area contributed by atoms with E-state index in [1.807, 2.05) is 13.8 Å². The molecular weight excluding hydrogens is 248 g/mol. The molecule has 0 spiro atoms. The quantitative estimate of drug-likeness (QED) is 0.693. The van der Waals surface area contributed by atoms with Gasteiger partial charge < -0.3 is 20.4 Å². The molecule has 0 saturated carbocycles. The van der Waals surface area contributed by atoms with Gasteiger partial charge in [0.1, 0.15) is 6.04 Å². The van der Waals surface area contributed by atoms with Crippen molar-refractivity contribution in [1.29, 1.82) is 0 Å². The van der Waals surface area contributed by atoms with Crippen LogP contribution in [0.5, 0.6) is 0 Å². The molecule has 1 rings (SSSR count). The lowest BCUT2D eigenvalue weighted by atomic mass is 9.98. The van der Waals surface area contributed by atoms with Crippen LogP contribution in [0.15, 0.2) is 0 Å². The largest absolute Gasteiger partial charge is 0.480 e. The van der Waals surface area contributed by atoms with Crippen LogP contribution < -0.4 is 5.32 Å². The summed E-state index contributed by atoms with van der Waals surface area (Å²) >= 11 is 0. The molecule has 2 amide bonds. The number of carboxylic acids is 1. The molecule has 0 aliphatic carbocycles. The van der Waals surface area contributed by atoms with E-state index >= 15 is 0 Å². The fourth-order valence-electron chi connectivity index (χ4n) is 2.31. The Balaban J connectivity index is 2.58. The number of likely N-dealkylation sites (tertiary alicyclic amines) is 1. The van der Waals surface area contributed by atoms with Gasteiger partial charge >= 0.3 is 12.0 Å². The van der Waals surface area contributed by atoms with E-state index in [2.05, 4.69) is 5.32 Å². The molecule has 0 aromatic rings. The van der Waals surface area contributed by atoms with Gasteiger partial charge in [-0.1, -0.05) is 20.3 Å². The summed E-state index contributed by atoms with van der Waals surface area (Å²) < 4.78 is 0.